The van der Waals surface area contributed by atoms with E-state index in [1.165, 1.54) is 44.5 Å². The van der Waals surface area contributed by atoms with Gasteiger partial charge in [-0.05, 0) is 79.5 Å². The molecule has 0 heteroatoms. The van der Waals surface area contributed by atoms with Crippen molar-refractivity contribution < 1.29 is 0 Å². The predicted octanol–water partition coefficient (Wildman–Crippen LogP) is 9.68. The van der Waals surface area contributed by atoms with E-state index in [-0.39, 0.29) is 21.7 Å². The molecule has 4 rings (SSSR count). The van der Waals surface area contributed by atoms with E-state index in [1.807, 2.05) is 0 Å². The third-order valence-corrected chi connectivity index (χ3v) is 8.31. The summed E-state index contributed by atoms with van der Waals surface area (Å²) in [6.45, 7) is 28.3. The van der Waals surface area contributed by atoms with E-state index in [2.05, 4.69) is 126 Å². The van der Waals surface area contributed by atoms with Crippen molar-refractivity contribution in [3.8, 4) is 11.1 Å². The molecule has 0 bridgehead atoms. The first-order valence-corrected chi connectivity index (χ1v) is 13.1. The standard InChI is InChI=1S/C34H46/c1-21-15-24(32(5,6)7)19-29(21)34(11,12)30-20-25(33(8,9)10)18-27-26-17-23(31(2,3)4)14-13-22(26)16-28(27)30/h13-15,17-20,29H,16H2,1-12H3. The van der Waals surface area contributed by atoms with Crippen molar-refractivity contribution in [2.24, 2.45) is 11.3 Å². The van der Waals surface area contributed by atoms with Gasteiger partial charge in [0.2, 0.25) is 0 Å². The molecule has 2 aromatic carbocycles. The van der Waals surface area contributed by atoms with Crippen LogP contribution < -0.4 is 0 Å². The second-order valence-electron chi connectivity index (χ2n) is 14.6. The van der Waals surface area contributed by atoms with E-state index in [0.717, 1.165) is 6.42 Å². The van der Waals surface area contributed by atoms with E-state index in [1.54, 1.807) is 5.56 Å². The maximum absolute atomic E-state index is 2.56. The van der Waals surface area contributed by atoms with Crippen LogP contribution in [0.4, 0.5) is 0 Å². The summed E-state index contributed by atoms with van der Waals surface area (Å²) >= 11 is 0. The van der Waals surface area contributed by atoms with Crippen LogP contribution in [-0.4, -0.2) is 0 Å². The van der Waals surface area contributed by atoms with Crippen LogP contribution in [0.25, 0.3) is 11.1 Å². The fourth-order valence-corrected chi connectivity index (χ4v) is 5.85. The summed E-state index contributed by atoms with van der Waals surface area (Å²) in [5, 5.41) is 0. The molecule has 0 aromatic heterocycles. The average molecular weight is 455 g/mol. The van der Waals surface area contributed by atoms with Crippen LogP contribution >= 0.6 is 0 Å². The van der Waals surface area contributed by atoms with Crippen molar-refractivity contribution in [3.05, 3.63) is 81.4 Å². The lowest BCUT2D eigenvalue weighted by molar-refractivity contribution is 0.424. The van der Waals surface area contributed by atoms with E-state index in [0.29, 0.717) is 5.92 Å². The molecule has 0 N–H and O–H groups in total. The Morgan fingerprint density at radius 3 is 1.79 bits per heavy atom. The first kappa shape index (κ1) is 25.0. The molecular formula is C34H46. The zero-order valence-electron chi connectivity index (χ0n) is 23.8. The van der Waals surface area contributed by atoms with Crippen molar-refractivity contribution in [1.29, 1.82) is 0 Å². The molecule has 0 spiro atoms. The Morgan fingerprint density at radius 2 is 1.26 bits per heavy atom. The summed E-state index contributed by atoms with van der Waals surface area (Å²) in [6.07, 6.45) is 6.06. The fourth-order valence-electron chi connectivity index (χ4n) is 5.85. The topological polar surface area (TPSA) is 0 Å². The second kappa shape index (κ2) is 7.71. The van der Waals surface area contributed by atoms with Gasteiger partial charge in [-0.3, -0.25) is 0 Å². The Morgan fingerprint density at radius 1 is 0.676 bits per heavy atom. The van der Waals surface area contributed by atoms with Gasteiger partial charge in [0.1, 0.15) is 0 Å². The quantitative estimate of drug-likeness (QED) is 0.361. The number of fused-ring (bicyclic) bond motifs is 3. The SMILES string of the molecule is CC1=CC(C(C)(C)C)=CC1C(C)(C)c1cc(C(C)(C)C)cc2c1Cc1ccc(C(C)(C)C)cc1-2. The van der Waals surface area contributed by atoms with E-state index >= 15 is 0 Å². The molecule has 1 unspecified atom stereocenters. The lowest BCUT2D eigenvalue weighted by atomic mass is 9.68. The number of hydrogen-bond donors (Lipinski definition) is 0. The van der Waals surface area contributed by atoms with Gasteiger partial charge in [0, 0.05) is 5.92 Å². The van der Waals surface area contributed by atoms with Crippen LogP contribution in [0.3, 0.4) is 0 Å². The minimum absolute atomic E-state index is 0.0217. The number of hydrogen-bond acceptors (Lipinski definition) is 0. The summed E-state index contributed by atoms with van der Waals surface area (Å²) in [6, 6.07) is 12.3. The van der Waals surface area contributed by atoms with Gasteiger partial charge in [0.25, 0.3) is 0 Å². The van der Waals surface area contributed by atoms with Gasteiger partial charge in [-0.2, -0.15) is 0 Å². The zero-order valence-corrected chi connectivity index (χ0v) is 23.8. The van der Waals surface area contributed by atoms with Gasteiger partial charge >= 0.3 is 0 Å². The maximum atomic E-state index is 2.56. The summed E-state index contributed by atoms with van der Waals surface area (Å²) in [4.78, 5) is 0. The number of rotatable bonds is 2. The van der Waals surface area contributed by atoms with Gasteiger partial charge in [-0.15, -0.1) is 0 Å². The number of allylic oxidation sites excluding steroid dienone is 4. The third-order valence-electron chi connectivity index (χ3n) is 8.31. The van der Waals surface area contributed by atoms with Crippen molar-refractivity contribution in [3.63, 3.8) is 0 Å². The highest BCUT2D eigenvalue weighted by atomic mass is 14.4. The third kappa shape index (κ3) is 4.23. The van der Waals surface area contributed by atoms with Crippen LogP contribution in [-0.2, 0) is 22.7 Å². The molecule has 0 fully saturated rings. The Bertz CT molecular complexity index is 1190. The highest BCUT2D eigenvalue weighted by molar-refractivity contribution is 5.80. The Kier molecular flexibility index (Phi) is 5.67. The molecule has 0 saturated heterocycles. The van der Waals surface area contributed by atoms with Gasteiger partial charge in [0.05, 0.1) is 0 Å². The fraction of sp³-hybridized carbons (Fsp3) is 0.529. The average Bonchev–Trinajstić information content (AvgIpc) is 3.26. The highest BCUT2D eigenvalue weighted by Crippen LogP contribution is 2.50. The van der Waals surface area contributed by atoms with Crippen LogP contribution in [0.15, 0.2) is 53.6 Å². The molecule has 0 amide bonds. The largest absolute Gasteiger partial charge is 0.0727 e. The van der Waals surface area contributed by atoms with Crippen LogP contribution in [0.2, 0.25) is 0 Å². The van der Waals surface area contributed by atoms with Crippen LogP contribution in [0, 0.1) is 11.3 Å². The maximum Gasteiger partial charge on any atom is 0.00750 e. The van der Waals surface area contributed by atoms with Crippen molar-refractivity contribution >= 4 is 0 Å². The zero-order chi connectivity index (χ0) is 25.4. The summed E-state index contributed by atoms with van der Waals surface area (Å²) in [5.74, 6) is 0.426. The summed E-state index contributed by atoms with van der Waals surface area (Å²) < 4.78 is 0. The lowest BCUT2D eigenvalue weighted by Gasteiger charge is -2.36. The first-order chi connectivity index (χ1) is 15.4. The molecule has 0 radical (unpaired) electrons. The molecule has 1 atom stereocenters. The lowest BCUT2D eigenvalue weighted by Crippen LogP contribution is -2.29. The summed E-state index contributed by atoms with van der Waals surface area (Å²) in [7, 11) is 0. The molecule has 34 heavy (non-hydrogen) atoms. The smallest absolute Gasteiger partial charge is 0.00750 e. The number of benzene rings is 2. The van der Waals surface area contributed by atoms with Crippen LogP contribution in [0.1, 0.15) is 111 Å². The minimum atomic E-state index is 0.0217. The first-order valence-electron chi connectivity index (χ1n) is 13.1. The van der Waals surface area contributed by atoms with E-state index < -0.39 is 0 Å². The summed E-state index contributed by atoms with van der Waals surface area (Å²) in [5.41, 5.74) is 13.8. The predicted molar refractivity (Wildman–Crippen MR) is 150 cm³/mol. The highest BCUT2D eigenvalue weighted by Gasteiger charge is 2.39. The van der Waals surface area contributed by atoms with Crippen molar-refractivity contribution in [2.45, 2.75) is 106 Å². The molecule has 0 saturated carbocycles. The molecular weight excluding hydrogens is 408 g/mol. The monoisotopic (exact) mass is 454 g/mol. The molecule has 0 nitrogen and oxygen atoms in total. The Labute approximate surface area is 209 Å². The molecule has 0 heterocycles. The minimum Gasteiger partial charge on any atom is -0.0727 e. The van der Waals surface area contributed by atoms with E-state index in [9.17, 15) is 0 Å². The Hall–Kier alpha value is -2.08. The molecule has 182 valence electrons. The second-order valence-corrected chi connectivity index (χ2v) is 14.6. The molecule has 2 aliphatic carbocycles. The van der Waals surface area contributed by atoms with Gasteiger partial charge < -0.3 is 0 Å². The molecule has 2 aromatic rings. The Balaban J connectivity index is 1.93. The van der Waals surface area contributed by atoms with Crippen molar-refractivity contribution in [2.75, 3.05) is 0 Å². The van der Waals surface area contributed by atoms with Gasteiger partial charge in [0.15, 0.2) is 0 Å². The van der Waals surface area contributed by atoms with Gasteiger partial charge in [-0.1, -0.05) is 124 Å². The van der Waals surface area contributed by atoms with Crippen molar-refractivity contribution in [1.82, 2.24) is 0 Å². The normalized spacial score (nSPS) is 18.5. The molecule has 2 aliphatic rings. The van der Waals surface area contributed by atoms with Gasteiger partial charge in [-0.25, -0.2) is 0 Å². The van der Waals surface area contributed by atoms with Crippen LogP contribution in [0.5, 0.6) is 0 Å². The van der Waals surface area contributed by atoms with E-state index in [4.69, 9.17) is 0 Å². The molecule has 0 aliphatic heterocycles.